The van der Waals surface area contributed by atoms with Gasteiger partial charge in [0.1, 0.15) is 6.54 Å². The topological polar surface area (TPSA) is 95.6 Å². The van der Waals surface area contributed by atoms with E-state index in [4.69, 9.17) is 0 Å². The lowest BCUT2D eigenvalue weighted by Crippen LogP contribution is -2.38. The van der Waals surface area contributed by atoms with E-state index in [0.29, 0.717) is 23.5 Å². The zero-order valence-corrected chi connectivity index (χ0v) is 18.7. The molecule has 0 aliphatic carbocycles. The largest absolute Gasteiger partial charge is 0.352 e. The molecule has 162 valence electrons. The molecular formula is C22H29N3O4S. The summed E-state index contributed by atoms with van der Waals surface area (Å²) in [5, 5.41) is 5.50. The number of unbranched alkanes of at least 4 members (excludes halogenated alkanes) is 1. The minimum Gasteiger partial charge on any atom is -0.352 e. The first-order chi connectivity index (χ1) is 14.1. The molecule has 0 unspecified atom stereocenters. The average Bonchev–Trinajstić information content (AvgIpc) is 2.66. The Morgan fingerprint density at radius 2 is 1.77 bits per heavy atom. The Hall–Kier alpha value is -2.87. The van der Waals surface area contributed by atoms with Crippen LogP contribution in [0, 0.1) is 13.8 Å². The zero-order chi connectivity index (χ0) is 22.3. The summed E-state index contributed by atoms with van der Waals surface area (Å²) in [5.74, 6) is -0.817. The fourth-order valence-corrected chi connectivity index (χ4v) is 3.96. The lowest BCUT2D eigenvalue weighted by Gasteiger charge is -2.24. The van der Waals surface area contributed by atoms with Crippen molar-refractivity contribution in [2.75, 3.05) is 29.0 Å². The van der Waals surface area contributed by atoms with Crippen molar-refractivity contribution in [3.8, 4) is 0 Å². The van der Waals surface area contributed by atoms with Crippen LogP contribution in [-0.2, 0) is 14.8 Å². The molecule has 0 saturated carbocycles. The molecule has 30 heavy (non-hydrogen) atoms. The molecule has 0 fully saturated rings. The van der Waals surface area contributed by atoms with Crippen LogP contribution < -0.4 is 14.9 Å². The first-order valence-corrected chi connectivity index (χ1v) is 11.7. The van der Waals surface area contributed by atoms with Gasteiger partial charge in [-0.1, -0.05) is 43.2 Å². The SMILES string of the molecule is CCCCNC(=O)c1ccccc1NC(=O)CN(c1ccc(C)cc1C)S(C)(=O)=O. The van der Waals surface area contributed by atoms with Crippen LogP contribution in [-0.4, -0.2) is 39.6 Å². The Balaban J connectivity index is 2.22. The second-order valence-corrected chi connectivity index (χ2v) is 9.17. The second kappa shape index (κ2) is 10.2. The quantitative estimate of drug-likeness (QED) is 0.596. The number of sulfonamides is 1. The molecule has 0 bridgehead atoms. The van der Waals surface area contributed by atoms with Crippen LogP contribution in [0.25, 0.3) is 0 Å². The predicted molar refractivity (Wildman–Crippen MR) is 120 cm³/mol. The lowest BCUT2D eigenvalue weighted by atomic mass is 10.1. The molecule has 2 N–H and O–H groups in total. The monoisotopic (exact) mass is 431 g/mol. The summed E-state index contributed by atoms with van der Waals surface area (Å²) in [7, 11) is -3.69. The maximum atomic E-state index is 12.7. The summed E-state index contributed by atoms with van der Waals surface area (Å²) in [6.45, 7) is 5.90. The van der Waals surface area contributed by atoms with Crippen LogP contribution >= 0.6 is 0 Å². The number of nitrogens with one attached hydrogen (secondary N) is 2. The van der Waals surface area contributed by atoms with E-state index in [0.717, 1.165) is 34.5 Å². The minimum absolute atomic E-state index is 0.284. The summed E-state index contributed by atoms with van der Waals surface area (Å²) < 4.78 is 25.8. The fraction of sp³-hybridized carbons (Fsp3) is 0.364. The predicted octanol–water partition coefficient (Wildman–Crippen LogP) is 3.24. The van der Waals surface area contributed by atoms with Gasteiger partial charge in [0.2, 0.25) is 15.9 Å². The van der Waals surface area contributed by atoms with Crippen LogP contribution in [0.15, 0.2) is 42.5 Å². The molecule has 7 nitrogen and oxygen atoms in total. The Morgan fingerprint density at radius 3 is 2.40 bits per heavy atom. The normalized spacial score (nSPS) is 11.1. The molecule has 0 saturated heterocycles. The third-order valence-electron chi connectivity index (χ3n) is 4.57. The molecule has 0 heterocycles. The standard InChI is InChI=1S/C22H29N3O4S/c1-5-6-13-23-22(27)18-9-7-8-10-19(18)24-21(26)15-25(30(4,28)29)20-12-11-16(2)14-17(20)3/h7-12,14H,5-6,13,15H2,1-4H3,(H,23,27)(H,24,26). The number of aryl methyl sites for hydroxylation is 2. The van der Waals surface area contributed by atoms with Gasteiger partial charge >= 0.3 is 0 Å². The summed E-state index contributed by atoms with van der Waals surface area (Å²) in [5.41, 5.74) is 2.87. The molecule has 2 amide bonds. The van der Waals surface area contributed by atoms with Gasteiger partial charge in [-0.3, -0.25) is 13.9 Å². The number of rotatable bonds is 9. The first kappa shape index (κ1) is 23.4. The van der Waals surface area contributed by atoms with E-state index in [-0.39, 0.29) is 5.91 Å². The van der Waals surface area contributed by atoms with E-state index in [1.54, 1.807) is 43.3 Å². The van der Waals surface area contributed by atoms with Crippen molar-refractivity contribution in [1.82, 2.24) is 5.32 Å². The van der Waals surface area contributed by atoms with Crippen LogP contribution in [0.2, 0.25) is 0 Å². The third kappa shape index (κ3) is 6.32. The highest BCUT2D eigenvalue weighted by atomic mass is 32.2. The van der Waals surface area contributed by atoms with E-state index in [2.05, 4.69) is 10.6 Å². The highest BCUT2D eigenvalue weighted by Crippen LogP contribution is 2.24. The summed E-state index contributed by atoms with van der Waals surface area (Å²) in [6, 6.07) is 12.0. The van der Waals surface area contributed by atoms with Crippen molar-refractivity contribution in [3.05, 3.63) is 59.2 Å². The van der Waals surface area contributed by atoms with E-state index in [1.807, 2.05) is 19.9 Å². The first-order valence-electron chi connectivity index (χ1n) is 9.85. The Morgan fingerprint density at radius 1 is 1.07 bits per heavy atom. The highest BCUT2D eigenvalue weighted by Gasteiger charge is 2.23. The molecule has 8 heteroatoms. The molecule has 2 rings (SSSR count). The van der Waals surface area contributed by atoms with Crippen LogP contribution in [0.4, 0.5) is 11.4 Å². The maximum Gasteiger partial charge on any atom is 0.253 e. The molecule has 2 aromatic rings. The lowest BCUT2D eigenvalue weighted by molar-refractivity contribution is -0.114. The summed E-state index contributed by atoms with van der Waals surface area (Å²) >= 11 is 0. The van der Waals surface area contributed by atoms with Gasteiger partial charge in [-0.05, 0) is 44.0 Å². The molecule has 0 atom stereocenters. The van der Waals surface area contributed by atoms with E-state index in [9.17, 15) is 18.0 Å². The van der Waals surface area contributed by atoms with Crippen LogP contribution in [0.3, 0.4) is 0 Å². The Bertz CT molecular complexity index is 1020. The average molecular weight is 432 g/mol. The van der Waals surface area contributed by atoms with Gasteiger partial charge in [0, 0.05) is 6.54 Å². The number of carbonyl (C=O) groups excluding carboxylic acids is 2. The molecule has 0 aliphatic rings. The molecular weight excluding hydrogens is 402 g/mol. The number of nitrogens with zero attached hydrogens (tertiary/aromatic N) is 1. The number of benzene rings is 2. The number of hydrogen-bond donors (Lipinski definition) is 2. The van der Waals surface area contributed by atoms with Crippen molar-refractivity contribution in [2.24, 2.45) is 0 Å². The van der Waals surface area contributed by atoms with Crippen molar-refractivity contribution < 1.29 is 18.0 Å². The van der Waals surface area contributed by atoms with Crippen molar-refractivity contribution in [3.63, 3.8) is 0 Å². The number of hydrogen-bond acceptors (Lipinski definition) is 4. The van der Waals surface area contributed by atoms with Gasteiger partial charge in [0.05, 0.1) is 23.2 Å². The van der Waals surface area contributed by atoms with Gasteiger partial charge in [0.15, 0.2) is 0 Å². The van der Waals surface area contributed by atoms with Gasteiger partial charge < -0.3 is 10.6 Å². The smallest absolute Gasteiger partial charge is 0.253 e. The number of amides is 2. The maximum absolute atomic E-state index is 12.7. The highest BCUT2D eigenvalue weighted by molar-refractivity contribution is 7.92. The van der Waals surface area contributed by atoms with Crippen molar-refractivity contribution >= 4 is 33.2 Å². The van der Waals surface area contributed by atoms with E-state index < -0.39 is 22.5 Å². The van der Waals surface area contributed by atoms with Crippen LogP contribution in [0.1, 0.15) is 41.3 Å². The third-order valence-corrected chi connectivity index (χ3v) is 5.70. The molecule has 0 aromatic heterocycles. The number of anilines is 2. The van der Waals surface area contributed by atoms with Gasteiger partial charge in [0.25, 0.3) is 5.91 Å². The molecule has 2 aromatic carbocycles. The molecule has 0 spiro atoms. The Labute approximate surface area is 178 Å². The van der Waals surface area contributed by atoms with Crippen LogP contribution in [0.5, 0.6) is 0 Å². The van der Waals surface area contributed by atoms with Crippen molar-refractivity contribution in [2.45, 2.75) is 33.6 Å². The van der Waals surface area contributed by atoms with Gasteiger partial charge in [-0.15, -0.1) is 0 Å². The number of para-hydroxylation sites is 1. The zero-order valence-electron chi connectivity index (χ0n) is 17.9. The minimum atomic E-state index is -3.69. The summed E-state index contributed by atoms with van der Waals surface area (Å²) in [4.78, 5) is 25.1. The van der Waals surface area contributed by atoms with Gasteiger partial charge in [-0.25, -0.2) is 8.42 Å². The molecule has 0 radical (unpaired) electrons. The Kier molecular flexibility index (Phi) is 8.00. The molecule has 0 aliphatic heterocycles. The van der Waals surface area contributed by atoms with Gasteiger partial charge in [-0.2, -0.15) is 0 Å². The van der Waals surface area contributed by atoms with Crippen molar-refractivity contribution in [1.29, 1.82) is 0 Å². The van der Waals surface area contributed by atoms with E-state index >= 15 is 0 Å². The number of carbonyl (C=O) groups is 2. The second-order valence-electron chi connectivity index (χ2n) is 7.26. The fourth-order valence-electron chi connectivity index (χ4n) is 3.05. The summed E-state index contributed by atoms with van der Waals surface area (Å²) in [6.07, 6.45) is 2.88. The van der Waals surface area contributed by atoms with E-state index in [1.165, 1.54) is 0 Å².